The number of halogens is 1. The predicted molar refractivity (Wildman–Crippen MR) is 125 cm³/mol. The van der Waals surface area contributed by atoms with Crippen LogP contribution in [0.4, 0.5) is 5.69 Å². The van der Waals surface area contributed by atoms with Gasteiger partial charge in [-0.2, -0.15) is 0 Å². The molecule has 1 atom stereocenters. The van der Waals surface area contributed by atoms with Crippen LogP contribution in [0.25, 0.3) is 10.8 Å². The molecule has 0 bridgehead atoms. The summed E-state index contributed by atoms with van der Waals surface area (Å²) in [7, 11) is 0. The third-order valence-corrected chi connectivity index (χ3v) is 6.35. The van der Waals surface area contributed by atoms with Crippen molar-refractivity contribution in [1.82, 2.24) is 4.90 Å². The molecule has 5 heteroatoms. The number of aliphatic hydroxyl groups is 1. The largest absolute Gasteiger partial charge is 0.489 e. The van der Waals surface area contributed by atoms with E-state index in [0.717, 1.165) is 37.0 Å². The van der Waals surface area contributed by atoms with Crippen LogP contribution in [0.5, 0.6) is 5.75 Å². The molecule has 1 N–H and O–H groups in total. The summed E-state index contributed by atoms with van der Waals surface area (Å²) in [5, 5.41) is 13.1. The summed E-state index contributed by atoms with van der Waals surface area (Å²) in [5.41, 5.74) is 3.94. The highest BCUT2D eigenvalue weighted by atomic mass is 35.5. The lowest BCUT2D eigenvalue weighted by Gasteiger charge is -2.37. The molecule has 30 heavy (non-hydrogen) atoms. The molecular weight excluding hydrogens is 396 g/mol. The average molecular weight is 425 g/mol. The van der Waals surface area contributed by atoms with Gasteiger partial charge in [0.2, 0.25) is 0 Å². The number of rotatable bonds is 6. The van der Waals surface area contributed by atoms with Crippen molar-refractivity contribution >= 4 is 28.1 Å². The molecule has 1 heterocycles. The Labute approximate surface area is 183 Å². The van der Waals surface area contributed by atoms with Gasteiger partial charge in [0.15, 0.2) is 0 Å². The van der Waals surface area contributed by atoms with E-state index in [4.69, 9.17) is 16.3 Å². The molecule has 0 radical (unpaired) electrons. The Morgan fingerprint density at radius 3 is 2.50 bits per heavy atom. The molecule has 0 aliphatic carbocycles. The Morgan fingerprint density at radius 1 is 0.967 bits per heavy atom. The Bertz CT molecular complexity index is 1020. The van der Waals surface area contributed by atoms with E-state index in [-0.39, 0.29) is 6.61 Å². The Balaban J connectivity index is 1.27. The third-order valence-electron chi connectivity index (χ3n) is 5.96. The summed E-state index contributed by atoms with van der Waals surface area (Å²) in [4.78, 5) is 4.72. The molecule has 158 valence electrons. The van der Waals surface area contributed by atoms with Crippen molar-refractivity contribution in [2.24, 2.45) is 0 Å². The fourth-order valence-electron chi connectivity index (χ4n) is 3.97. The molecule has 1 aliphatic rings. The zero-order valence-electron chi connectivity index (χ0n) is 17.6. The van der Waals surface area contributed by atoms with Crippen LogP contribution in [0.15, 0.2) is 54.6 Å². The predicted octanol–water partition coefficient (Wildman–Crippen LogP) is 4.67. The molecule has 0 amide bonds. The van der Waals surface area contributed by atoms with Gasteiger partial charge in [-0.25, -0.2) is 0 Å². The number of nitrogens with zero attached hydrogens (tertiary/aromatic N) is 2. The monoisotopic (exact) mass is 424 g/mol. The first kappa shape index (κ1) is 21.0. The Hall–Kier alpha value is -2.27. The van der Waals surface area contributed by atoms with Crippen molar-refractivity contribution in [3.05, 3.63) is 70.7 Å². The summed E-state index contributed by atoms with van der Waals surface area (Å²) in [6.45, 7) is 8.93. The van der Waals surface area contributed by atoms with Gasteiger partial charge < -0.3 is 14.7 Å². The van der Waals surface area contributed by atoms with Crippen molar-refractivity contribution in [2.75, 3.05) is 44.2 Å². The first-order chi connectivity index (χ1) is 14.5. The minimum absolute atomic E-state index is 0.232. The number of hydrogen-bond donors (Lipinski definition) is 1. The van der Waals surface area contributed by atoms with Gasteiger partial charge in [-0.1, -0.05) is 48.0 Å². The van der Waals surface area contributed by atoms with Crippen LogP contribution < -0.4 is 9.64 Å². The summed E-state index contributed by atoms with van der Waals surface area (Å²) < 4.78 is 5.84. The van der Waals surface area contributed by atoms with Gasteiger partial charge in [0, 0.05) is 43.8 Å². The molecule has 0 saturated carbocycles. The first-order valence-electron chi connectivity index (χ1n) is 10.5. The van der Waals surface area contributed by atoms with Crippen LogP contribution in [-0.2, 0) is 0 Å². The van der Waals surface area contributed by atoms with Crippen LogP contribution in [0.3, 0.4) is 0 Å². The highest BCUT2D eigenvalue weighted by Crippen LogP contribution is 2.32. The van der Waals surface area contributed by atoms with E-state index in [2.05, 4.69) is 41.8 Å². The second-order valence-corrected chi connectivity index (χ2v) is 8.50. The zero-order valence-corrected chi connectivity index (χ0v) is 18.4. The minimum Gasteiger partial charge on any atom is -0.489 e. The van der Waals surface area contributed by atoms with Gasteiger partial charge in [-0.3, -0.25) is 4.90 Å². The first-order valence-corrected chi connectivity index (χ1v) is 10.9. The molecule has 3 aromatic carbocycles. The molecule has 0 spiro atoms. The van der Waals surface area contributed by atoms with E-state index in [0.29, 0.717) is 17.3 Å². The van der Waals surface area contributed by atoms with Crippen LogP contribution >= 0.6 is 11.6 Å². The summed E-state index contributed by atoms with van der Waals surface area (Å²) >= 11 is 6.49. The van der Waals surface area contributed by atoms with Gasteiger partial charge >= 0.3 is 0 Å². The average Bonchev–Trinajstić information content (AvgIpc) is 2.76. The molecule has 3 aromatic rings. The van der Waals surface area contributed by atoms with E-state index in [1.54, 1.807) is 0 Å². The number of benzene rings is 3. The van der Waals surface area contributed by atoms with Crippen LogP contribution in [0.1, 0.15) is 11.1 Å². The second-order valence-electron chi connectivity index (χ2n) is 8.12. The molecular formula is C25H29ClN2O2. The van der Waals surface area contributed by atoms with E-state index in [9.17, 15) is 5.11 Å². The Morgan fingerprint density at radius 2 is 1.73 bits per heavy atom. The topological polar surface area (TPSA) is 35.9 Å². The van der Waals surface area contributed by atoms with Crippen molar-refractivity contribution < 1.29 is 9.84 Å². The van der Waals surface area contributed by atoms with Gasteiger partial charge in [0.1, 0.15) is 18.5 Å². The zero-order chi connectivity index (χ0) is 21.1. The van der Waals surface area contributed by atoms with Crippen molar-refractivity contribution in [3.8, 4) is 5.75 Å². The van der Waals surface area contributed by atoms with Gasteiger partial charge in [-0.05, 0) is 48.6 Å². The highest BCUT2D eigenvalue weighted by molar-refractivity contribution is 6.37. The SMILES string of the molecule is Cc1ccc(N2CCN(CC(O)COc3ccc4ccccc4c3Cl)CC2)cc1C. The van der Waals surface area contributed by atoms with E-state index in [1.807, 2.05) is 36.4 Å². The van der Waals surface area contributed by atoms with Crippen molar-refractivity contribution in [1.29, 1.82) is 0 Å². The fourth-order valence-corrected chi connectivity index (χ4v) is 4.26. The van der Waals surface area contributed by atoms with Crippen molar-refractivity contribution in [2.45, 2.75) is 20.0 Å². The van der Waals surface area contributed by atoms with Gasteiger partial charge in [0.25, 0.3) is 0 Å². The maximum Gasteiger partial charge on any atom is 0.138 e. The number of hydrogen-bond acceptors (Lipinski definition) is 4. The molecule has 1 saturated heterocycles. The summed E-state index contributed by atoms with van der Waals surface area (Å²) in [5.74, 6) is 0.619. The van der Waals surface area contributed by atoms with E-state index >= 15 is 0 Å². The number of aryl methyl sites for hydroxylation is 2. The summed E-state index contributed by atoms with van der Waals surface area (Å²) in [6.07, 6.45) is -0.555. The van der Waals surface area contributed by atoms with Gasteiger partial charge in [0.05, 0.1) is 5.02 Å². The van der Waals surface area contributed by atoms with Gasteiger partial charge in [-0.15, -0.1) is 0 Å². The maximum absolute atomic E-state index is 10.5. The lowest BCUT2D eigenvalue weighted by Crippen LogP contribution is -2.49. The van der Waals surface area contributed by atoms with Crippen LogP contribution in [0, 0.1) is 13.8 Å². The molecule has 4 nitrogen and oxygen atoms in total. The fraction of sp³-hybridized carbons (Fsp3) is 0.360. The number of piperazine rings is 1. The van der Waals surface area contributed by atoms with Crippen LogP contribution in [-0.4, -0.2) is 55.4 Å². The number of anilines is 1. The summed E-state index contributed by atoms with van der Waals surface area (Å²) in [6, 6.07) is 18.5. The minimum atomic E-state index is -0.555. The maximum atomic E-state index is 10.5. The second kappa shape index (κ2) is 9.25. The number of aliphatic hydroxyl groups excluding tert-OH is 1. The lowest BCUT2D eigenvalue weighted by atomic mass is 10.1. The standard InChI is InChI=1S/C25H29ClN2O2/c1-18-7-9-21(15-19(18)2)28-13-11-27(12-14-28)16-22(29)17-30-24-10-8-20-5-3-4-6-23(20)25(24)26/h3-10,15,22,29H,11-14,16-17H2,1-2H3. The molecule has 1 fully saturated rings. The lowest BCUT2D eigenvalue weighted by molar-refractivity contribution is 0.0664. The molecule has 1 aliphatic heterocycles. The number of fused-ring (bicyclic) bond motifs is 1. The molecule has 4 rings (SSSR count). The normalized spacial score (nSPS) is 16.1. The molecule has 0 aromatic heterocycles. The smallest absolute Gasteiger partial charge is 0.138 e. The highest BCUT2D eigenvalue weighted by Gasteiger charge is 2.20. The van der Waals surface area contributed by atoms with Crippen LogP contribution in [0.2, 0.25) is 5.02 Å². The quantitative estimate of drug-likeness (QED) is 0.623. The van der Waals surface area contributed by atoms with E-state index < -0.39 is 6.10 Å². The Kier molecular flexibility index (Phi) is 6.47. The third kappa shape index (κ3) is 4.72. The number of β-amino-alcohol motifs (C(OH)–C–C–N with tert-alkyl or cyclic N) is 1. The molecule has 1 unspecified atom stereocenters. The number of ether oxygens (including phenoxy) is 1. The van der Waals surface area contributed by atoms with Crippen molar-refractivity contribution in [3.63, 3.8) is 0 Å². The van der Waals surface area contributed by atoms with E-state index in [1.165, 1.54) is 16.8 Å².